The van der Waals surface area contributed by atoms with Gasteiger partial charge in [-0.05, 0) is 34.1 Å². The molecule has 0 atom stereocenters. The summed E-state index contributed by atoms with van der Waals surface area (Å²) in [5.74, 6) is 0.366. The van der Waals surface area contributed by atoms with Crippen molar-refractivity contribution in [3.8, 4) is 5.75 Å². The molecule has 0 aliphatic carbocycles. The van der Waals surface area contributed by atoms with Gasteiger partial charge in [-0.3, -0.25) is 9.78 Å². The quantitative estimate of drug-likeness (QED) is 0.803. The fourth-order valence-corrected chi connectivity index (χ4v) is 1.97. The molecule has 0 aliphatic rings. The van der Waals surface area contributed by atoms with Gasteiger partial charge in [-0.25, -0.2) is 0 Å². The second-order valence-electron chi connectivity index (χ2n) is 3.53. The van der Waals surface area contributed by atoms with E-state index in [0.29, 0.717) is 16.3 Å². The largest absolute Gasteiger partial charge is 0.484 e. The number of benzene rings is 1. The number of ketones is 1. The predicted molar refractivity (Wildman–Crippen MR) is 73.2 cm³/mol. The molecule has 2 rings (SSSR count). The number of hydrogen-bond donors (Lipinski definition) is 0. The van der Waals surface area contributed by atoms with Crippen LogP contribution in [0.25, 0.3) is 0 Å². The molecule has 18 heavy (non-hydrogen) atoms. The van der Waals surface area contributed by atoms with E-state index < -0.39 is 0 Å². The maximum absolute atomic E-state index is 11.9. The summed E-state index contributed by atoms with van der Waals surface area (Å²) in [6.45, 7) is -0.0676. The van der Waals surface area contributed by atoms with Gasteiger partial charge in [-0.1, -0.05) is 23.7 Å². The Kier molecular flexibility index (Phi) is 4.33. The number of pyridine rings is 1. The molecule has 1 aromatic heterocycles. The average Bonchev–Trinajstić information content (AvgIpc) is 2.37. The number of Topliss-reactive ketones (excluding diaryl/α,β-unsaturated/α-hetero) is 1. The van der Waals surface area contributed by atoms with Crippen LogP contribution in [0.2, 0.25) is 5.02 Å². The van der Waals surface area contributed by atoms with Gasteiger partial charge in [0.15, 0.2) is 6.61 Å². The lowest BCUT2D eigenvalue weighted by Gasteiger charge is -2.06. The molecule has 5 heteroatoms. The van der Waals surface area contributed by atoms with E-state index in [4.69, 9.17) is 16.3 Å². The maximum Gasteiger partial charge on any atom is 0.201 e. The number of ether oxygens (including phenoxy) is 1. The maximum atomic E-state index is 11.9. The molecule has 1 aromatic carbocycles. The molecule has 0 aliphatic heterocycles. The van der Waals surface area contributed by atoms with Crippen LogP contribution in [0.1, 0.15) is 10.4 Å². The minimum atomic E-state index is -0.166. The van der Waals surface area contributed by atoms with Crippen LogP contribution in [0, 0.1) is 0 Å². The Morgan fingerprint density at radius 2 is 2.11 bits per heavy atom. The molecular formula is C13H9BrClNO2. The van der Waals surface area contributed by atoms with E-state index in [-0.39, 0.29) is 12.4 Å². The molecule has 0 N–H and O–H groups in total. The minimum Gasteiger partial charge on any atom is -0.484 e. The summed E-state index contributed by atoms with van der Waals surface area (Å²) in [5.41, 5.74) is 0.460. The van der Waals surface area contributed by atoms with Crippen molar-refractivity contribution in [1.29, 1.82) is 0 Å². The Balaban J connectivity index is 2.03. The second kappa shape index (κ2) is 5.98. The van der Waals surface area contributed by atoms with Crippen LogP contribution in [0.4, 0.5) is 0 Å². The summed E-state index contributed by atoms with van der Waals surface area (Å²) in [7, 11) is 0. The van der Waals surface area contributed by atoms with Gasteiger partial charge in [0.25, 0.3) is 0 Å². The molecule has 0 amide bonds. The molecule has 0 saturated heterocycles. The van der Waals surface area contributed by atoms with E-state index in [0.717, 1.165) is 4.47 Å². The SMILES string of the molecule is O=C(COc1cncc(Br)c1)c1ccccc1Cl. The fraction of sp³-hybridized carbons (Fsp3) is 0.0769. The van der Waals surface area contributed by atoms with Gasteiger partial charge in [-0.15, -0.1) is 0 Å². The van der Waals surface area contributed by atoms with Gasteiger partial charge in [0.2, 0.25) is 5.78 Å². The topological polar surface area (TPSA) is 39.2 Å². The highest BCUT2D eigenvalue weighted by molar-refractivity contribution is 9.10. The summed E-state index contributed by atoms with van der Waals surface area (Å²) in [4.78, 5) is 15.8. The lowest BCUT2D eigenvalue weighted by atomic mass is 10.1. The average molecular weight is 327 g/mol. The Labute approximate surface area is 118 Å². The number of aromatic nitrogens is 1. The van der Waals surface area contributed by atoms with Crippen LogP contribution in [0.5, 0.6) is 5.75 Å². The molecule has 3 nitrogen and oxygen atoms in total. The minimum absolute atomic E-state index is 0.0676. The Bertz CT molecular complexity index is 574. The number of hydrogen-bond acceptors (Lipinski definition) is 3. The summed E-state index contributed by atoms with van der Waals surface area (Å²) in [5, 5.41) is 0.429. The van der Waals surface area contributed by atoms with Crippen molar-refractivity contribution in [1.82, 2.24) is 4.98 Å². The molecule has 0 spiro atoms. The number of halogens is 2. The normalized spacial score (nSPS) is 10.1. The third-order valence-electron chi connectivity index (χ3n) is 2.22. The highest BCUT2D eigenvalue weighted by atomic mass is 79.9. The van der Waals surface area contributed by atoms with Crippen LogP contribution in [0.3, 0.4) is 0 Å². The van der Waals surface area contributed by atoms with Crippen molar-refractivity contribution in [2.75, 3.05) is 6.61 Å². The van der Waals surface area contributed by atoms with E-state index >= 15 is 0 Å². The van der Waals surface area contributed by atoms with Gasteiger partial charge in [0, 0.05) is 16.2 Å². The van der Waals surface area contributed by atoms with Crippen molar-refractivity contribution >= 4 is 33.3 Å². The molecular weight excluding hydrogens is 318 g/mol. The van der Waals surface area contributed by atoms with E-state index in [1.165, 1.54) is 0 Å². The van der Waals surface area contributed by atoms with E-state index in [2.05, 4.69) is 20.9 Å². The van der Waals surface area contributed by atoms with Crippen molar-refractivity contribution < 1.29 is 9.53 Å². The van der Waals surface area contributed by atoms with Crippen LogP contribution in [-0.2, 0) is 0 Å². The first-order valence-corrected chi connectivity index (χ1v) is 6.35. The summed E-state index contributed by atoms with van der Waals surface area (Å²) < 4.78 is 6.15. The highest BCUT2D eigenvalue weighted by Crippen LogP contribution is 2.18. The number of nitrogens with zero attached hydrogens (tertiary/aromatic N) is 1. The predicted octanol–water partition coefficient (Wildman–Crippen LogP) is 3.76. The first-order chi connectivity index (χ1) is 8.66. The van der Waals surface area contributed by atoms with Gasteiger partial charge in [0.05, 0.1) is 11.2 Å². The van der Waals surface area contributed by atoms with Crippen molar-refractivity contribution in [2.24, 2.45) is 0 Å². The van der Waals surface area contributed by atoms with E-state index in [9.17, 15) is 4.79 Å². The van der Waals surface area contributed by atoms with E-state index in [1.807, 2.05) is 0 Å². The van der Waals surface area contributed by atoms with E-state index in [1.54, 1.807) is 42.7 Å². The van der Waals surface area contributed by atoms with Crippen LogP contribution < -0.4 is 4.74 Å². The third-order valence-corrected chi connectivity index (χ3v) is 2.99. The zero-order valence-electron chi connectivity index (χ0n) is 9.27. The van der Waals surface area contributed by atoms with Crippen LogP contribution >= 0.6 is 27.5 Å². The Morgan fingerprint density at radius 3 is 2.83 bits per heavy atom. The first-order valence-electron chi connectivity index (χ1n) is 5.18. The number of rotatable bonds is 4. The highest BCUT2D eigenvalue weighted by Gasteiger charge is 2.10. The Morgan fingerprint density at radius 1 is 1.33 bits per heavy atom. The zero-order valence-corrected chi connectivity index (χ0v) is 11.6. The Hall–Kier alpha value is -1.39. The lowest BCUT2D eigenvalue weighted by molar-refractivity contribution is 0.0921. The number of carbonyl (C=O) groups excluding carboxylic acids is 1. The number of carbonyl (C=O) groups is 1. The van der Waals surface area contributed by atoms with Gasteiger partial charge in [0.1, 0.15) is 5.75 Å². The zero-order chi connectivity index (χ0) is 13.0. The molecule has 0 unspecified atom stereocenters. The second-order valence-corrected chi connectivity index (χ2v) is 4.85. The van der Waals surface area contributed by atoms with Crippen LogP contribution in [0.15, 0.2) is 47.2 Å². The van der Waals surface area contributed by atoms with Crippen molar-refractivity contribution in [2.45, 2.75) is 0 Å². The lowest BCUT2D eigenvalue weighted by Crippen LogP contribution is -2.12. The molecule has 1 heterocycles. The van der Waals surface area contributed by atoms with Crippen molar-refractivity contribution in [3.05, 3.63) is 57.8 Å². The molecule has 0 bridgehead atoms. The van der Waals surface area contributed by atoms with Gasteiger partial charge < -0.3 is 4.74 Å². The van der Waals surface area contributed by atoms with Crippen LogP contribution in [-0.4, -0.2) is 17.4 Å². The summed E-state index contributed by atoms with van der Waals surface area (Å²) in [6.07, 6.45) is 3.19. The third kappa shape index (κ3) is 3.31. The summed E-state index contributed by atoms with van der Waals surface area (Å²) in [6, 6.07) is 8.63. The molecule has 0 radical (unpaired) electrons. The molecule has 0 fully saturated rings. The standard InChI is InChI=1S/C13H9BrClNO2/c14-9-5-10(7-16-6-9)18-8-13(17)11-3-1-2-4-12(11)15/h1-7H,8H2. The van der Waals surface area contributed by atoms with Gasteiger partial charge >= 0.3 is 0 Å². The molecule has 0 saturated carbocycles. The summed E-state index contributed by atoms with van der Waals surface area (Å²) >= 11 is 9.21. The molecule has 92 valence electrons. The smallest absolute Gasteiger partial charge is 0.201 e. The first kappa shape index (κ1) is 13.1. The van der Waals surface area contributed by atoms with Crippen molar-refractivity contribution in [3.63, 3.8) is 0 Å². The fourth-order valence-electron chi connectivity index (χ4n) is 1.39. The van der Waals surface area contributed by atoms with Gasteiger partial charge in [-0.2, -0.15) is 0 Å². The molecule has 2 aromatic rings. The monoisotopic (exact) mass is 325 g/mol.